The van der Waals surface area contributed by atoms with Gasteiger partial charge in [0.2, 0.25) is 11.9 Å². The van der Waals surface area contributed by atoms with Crippen LogP contribution in [0.15, 0.2) is 58.9 Å². The van der Waals surface area contributed by atoms with Gasteiger partial charge in [0, 0.05) is 5.69 Å². The fourth-order valence-electron chi connectivity index (χ4n) is 2.81. The van der Waals surface area contributed by atoms with Gasteiger partial charge < -0.3 is 11.1 Å². The summed E-state index contributed by atoms with van der Waals surface area (Å²) in [6, 6.07) is 17.9. The van der Waals surface area contributed by atoms with E-state index < -0.39 is 0 Å². The summed E-state index contributed by atoms with van der Waals surface area (Å²) in [4.78, 5) is 13.0. The molecule has 0 aliphatic heterocycles. The summed E-state index contributed by atoms with van der Waals surface area (Å²) in [5, 5.41) is 7.86. The van der Waals surface area contributed by atoms with E-state index in [-0.39, 0.29) is 5.95 Å². The molecule has 4 aromatic rings. The molecule has 0 amide bonds. The van der Waals surface area contributed by atoms with Gasteiger partial charge in [-0.15, -0.1) is 5.10 Å². The van der Waals surface area contributed by atoms with Crippen molar-refractivity contribution in [1.29, 1.82) is 0 Å². The zero-order chi connectivity index (χ0) is 20.9. The lowest BCUT2D eigenvalue weighted by atomic mass is 10.1. The largest absolute Gasteiger partial charge is 0.368 e. The minimum absolute atomic E-state index is 0.180. The first-order valence-electron chi connectivity index (χ1n) is 9.26. The molecule has 0 aliphatic carbocycles. The van der Waals surface area contributed by atoms with E-state index in [0.29, 0.717) is 21.5 Å². The van der Waals surface area contributed by atoms with Gasteiger partial charge in [0.05, 0.1) is 11.4 Å². The van der Waals surface area contributed by atoms with Crippen molar-refractivity contribution in [3.05, 3.63) is 69.9 Å². The summed E-state index contributed by atoms with van der Waals surface area (Å²) < 4.78 is 3.30. The van der Waals surface area contributed by atoms with Crippen molar-refractivity contribution in [2.45, 2.75) is 23.4 Å². The fourth-order valence-corrected chi connectivity index (χ4v) is 5.02. The highest BCUT2D eigenvalue weighted by Crippen LogP contribution is 2.27. The molecule has 0 spiro atoms. The Bertz CT molecular complexity index is 1200. The molecule has 0 saturated heterocycles. The first kappa shape index (κ1) is 20.5. The molecule has 30 heavy (non-hydrogen) atoms. The molecule has 0 aliphatic rings. The predicted molar refractivity (Wildman–Crippen MR) is 125 cm³/mol. The molecule has 3 N–H and O–H groups in total. The maximum Gasteiger partial charge on any atom is 0.232 e. The van der Waals surface area contributed by atoms with Gasteiger partial charge in [-0.1, -0.05) is 66.4 Å². The molecular weight excluding hydrogens is 434 g/mol. The number of para-hydroxylation sites is 2. The number of aromatic nitrogens is 5. The monoisotopic (exact) mass is 453 g/mol. The molecule has 0 radical (unpaired) electrons. The van der Waals surface area contributed by atoms with Crippen LogP contribution in [0.2, 0.25) is 0 Å². The average Bonchev–Trinajstić information content (AvgIpc) is 3.13. The summed E-state index contributed by atoms with van der Waals surface area (Å²) in [5.41, 5.74) is 8.99. The number of nitrogens with one attached hydrogen (secondary N) is 1. The number of rotatable bonds is 7. The van der Waals surface area contributed by atoms with Gasteiger partial charge in [-0.05, 0) is 42.4 Å². The van der Waals surface area contributed by atoms with E-state index in [4.69, 9.17) is 18.0 Å². The van der Waals surface area contributed by atoms with Crippen LogP contribution in [0.5, 0.6) is 0 Å². The number of hydrogen-bond acceptors (Lipinski definition) is 9. The Morgan fingerprint density at radius 3 is 2.63 bits per heavy atom. The highest BCUT2D eigenvalue weighted by molar-refractivity contribution is 8.00. The first-order valence-corrected chi connectivity index (χ1v) is 11.5. The van der Waals surface area contributed by atoms with Gasteiger partial charge in [0.25, 0.3) is 0 Å². The minimum Gasteiger partial charge on any atom is -0.368 e. The second kappa shape index (κ2) is 9.33. The third kappa shape index (κ3) is 4.84. The Kier molecular flexibility index (Phi) is 6.36. The van der Waals surface area contributed by atoms with Crippen LogP contribution in [0, 0.1) is 3.95 Å². The van der Waals surface area contributed by atoms with Crippen LogP contribution in [0.3, 0.4) is 0 Å². The quantitative estimate of drug-likeness (QED) is 0.297. The van der Waals surface area contributed by atoms with E-state index in [0.717, 1.165) is 22.1 Å². The van der Waals surface area contributed by atoms with Crippen molar-refractivity contribution < 1.29 is 0 Å². The second-order valence-corrected chi connectivity index (χ2v) is 9.08. The van der Waals surface area contributed by atoms with Crippen LogP contribution >= 0.6 is 35.3 Å². The number of nitrogen functional groups attached to an aromatic ring is 1. The van der Waals surface area contributed by atoms with Crippen molar-refractivity contribution in [3.8, 4) is 5.69 Å². The molecule has 2 heterocycles. The van der Waals surface area contributed by atoms with Crippen LogP contribution in [-0.4, -0.2) is 24.7 Å². The van der Waals surface area contributed by atoms with Crippen molar-refractivity contribution in [1.82, 2.24) is 24.7 Å². The Morgan fingerprint density at radius 2 is 1.83 bits per heavy atom. The van der Waals surface area contributed by atoms with Crippen molar-refractivity contribution in [2.75, 3.05) is 11.1 Å². The van der Waals surface area contributed by atoms with E-state index >= 15 is 0 Å². The summed E-state index contributed by atoms with van der Waals surface area (Å²) in [5.74, 6) is 1.70. The maximum atomic E-state index is 5.91. The minimum atomic E-state index is 0.180. The number of thioether (sulfide) groups is 1. The van der Waals surface area contributed by atoms with Crippen molar-refractivity contribution in [2.24, 2.45) is 0 Å². The normalized spacial score (nSPS) is 10.8. The highest BCUT2D eigenvalue weighted by atomic mass is 32.2. The van der Waals surface area contributed by atoms with Crippen LogP contribution in [0.25, 0.3) is 5.69 Å². The van der Waals surface area contributed by atoms with Crippen molar-refractivity contribution in [3.63, 3.8) is 0 Å². The third-order valence-corrected chi connectivity index (χ3v) is 6.56. The fraction of sp³-hybridized carbons (Fsp3) is 0.150. The maximum absolute atomic E-state index is 5.91. The Balaban J connectivity index is 1.50. The van der Waals surface area contributed by atoms with E-state index in [1.165, 1.54) is 28.7 Å². The summed E-state index contributed by atoms with van der Waals surface area (Å²) >= 11 is 8.43. The van der Waals surface area contributed by atoms with Crippen LogP contribution < -0.4 is 11.1 Å². The standard InChI is InChI=1S/C20H19N7S3/c1-2-13-8-6-7-11-15(13)22-18-24-16(23-17(21)25-18)12-29-19-26-27(20(28)30-19)14-9-4-3-5-10-14/h3-11H,2,12H2,1H3,(H3,21,22,23,24,25). The lowest BCUT2D eigenvalue weighted by Crippen LogP contribution is -2.07. The Hall–Kier alpha value is -2.82. The second-order valence-electron chi connectivity index (χ2n) is 6.24. The average molecular weight is 454 g/mol. The number of hydrogen-bond donors (Lipinski definition) is 2. The van der Waals surface area contributed by atoms with Gasteiger partial charge in [0.15, 0.2) is 8.29 Å². The van der Waals surface area contributed by atoms with Gasteiger partial charge in [-0.2, -0.15) is 15.0 Å². The number of anilines is 3. The topological polar surface area (TPSA) is 94.5 Å². The molecule has 2 aromatic carbocycles. The number of aryl methyl sites for hydroxylation is 1. The Labute approximate surface area is 187 Å². The summed E-state index contributed by atoms with van der Waals surface area (Å²) in [6.07, 6.45) is 0.904. The summed E-state index contributed by atoms with van der Waals surface area (Å²) in [7, 11) is 0. The van der Waals surface area contributed by atoms with Gasteiger partial charge in [0.1, 0.15) is 5.82 Å². The molecular formula is C20H19N7S3. The van der Waals surface area contributed by atoms with Gasteiger partial charge in [-0.3, -0.25) is 0 Å². The lowest BCUT2D eigenvalue weighted by molar-refractivity contribution is 0.829. The van der Waals surface area contributed by atoms with E-state index in [9.17, 15) is 0 Å². The van der Waals surface area contributed by atoms with Gasteiger partial charge in [-0.25, -0.2) is 4.68 Å². The zero-order valence-corrected chi connectivity index (χ0v) is 18.6. The van der Waals surface area contributed by atoms with E-state index in [1.54, 1.807) is 4.68 Å². The molecule has 0 saturated carbocycles. The molecule has 2 aromatic heterocycles. The van der Waals surface area contributed by atoms with E-state index in [1.807, 2.05) is 48.5 Å². The third-order valence-electron chi connectivity index (χ3n) is 4.20. The molecule has 10 heteroatoms. The molecule has 4 rings (SSSR count). The van der Waals surface area contributed by atoms with Crippen LogP contribution in [0.1, 0.15) is 18.3 Å². The highest BCUT2D eigenvalue weighted by Gasteiger charge is 2.10. The number of benzene rings is 2. The zero-order valence-electron chi connectivity index (χ0n) is 16.1. The SMILES string of the molecule is CCc1ccccc1Nc1nc(N)nc(CSc2nn(-c3ccccc3)c(=S)s2)n1. The van der Waals surface area contributed by atoms with Gasteiger partial charge >= 0.3 is 0 Å². The van der Waals surface area contributed by atoms with Crippen LogP contribution in [0.4, 0.5) is 17.6 Å². The number of nitrogens with two attached hydrogens (primary N) is 1. The summed E-state index contributed by atoms with van der Waals surface area (Å²) in [6.45, 7) is 2.10. The molecule has 7 nitrogen and oxygen atoms in total. The molecule has 152 valence electrons. The Morgan fingerprint density at radius 1 is 1.07 bits per heavy atom. The number of nitrogens with zero attached hydrogens (tertiary/aromatic N) is 5. The molecule has 0 unspecified atom stereocenters. The molecule has 0 bridgehead atoms. The lowest BCUT2D eigenvalue weighted by Gasteiger charge is -2.10. The predicted octanol–water partition coefficient (Wildman–Crippen LogP) is 5.03. The van der Waals surface area contributed by atoms with Crippen molar-refractivity contribution >= 4 is 52.9 Å². The smallest absolute Gasteiger partial charge is 0.232 e. The van der Waals surface area contributed by atoms with E-state index in [2.05, 4.69) is 38.4 Å². The molecule has 0 fully saturated rings. The first-order chi connectivity index (χ1) is 14.6. The van der Waals surface area contributed by atoms with Crippen LogP contribution in [-0.2, 0) is 12.2 Å². The molecule has 0 atom stereocenters.